The van der Waals surface area contributed by atoms with E-state index < -0.39 is 0 Å². The highest BCUT2D eigenvalue weighted by molar-refractivity contribution is 5.82. The van der Waals surface area contributed by atoms with Gasteiger partial charge in [-0.25, -0.2) is 0 Å². The van der Waals surface area contributed by atoms with Gasteiger partial charge in [-0.3, -0.25) is 4.98 Å². The molecule has 0 atom stereocenters. The van der Waals surface area contributed by atoms with Crippen LogP contribution >= 0.6 is 0 Å². The quantitative estimate of drug-likeness (QED) is 0.836. The Morgan fingerprint density at radius 2 is 1.71 bits per heavy atom. The number of pyridine rings is 1. The molecule has 3 rings (SSSR count). The predicted molar refractivity (Wildman–Crippen MR) is 89.4 cm³/mol. The smallest absolute Gasteiger partial charge is 0.0707 e. The van der Waals surface area contributed by atoms with Gasteiger partial charge in [0.15, 0.2) is 0 Å². The first-order chi connectivity index (χ1) is 9.76. The van der Waals surface area contributed by atoms with E-state index in [0.29, 0.717) is 5.92 Å². The molecular formula is C18H25N3. The van der Waals surface area contributed by atoms with Gasteiger partial charge in [-0.2, -0.15) is 0 Å². The van der Waals surface area contributed by atoms with Crippen molar-refractivity contribution < 1.29 is 0 Å². The second-order valence-corrected chi connectivity index (χ2v) is 7.65. The van der Waals surface area contributed by atoms with Crippen LogP contribution in [-0.4, -0.2) is 16.1 Å². The molecule has 0 spiro atoms. The number of anilines is 1. The molecule has 0 bridgehead atoms. The fourth-order valence-electron chi connectivity index (χ4n) is 3.99. The molecule has 0 amide bonds. The second kappa shape index (κ2) is 4.70. The van der Waals surface area contributed by atoms with Gasteiger partial charge in [0.1, 0.15) is 0 Å². The van der Waals surface area contributed by atoms with Crippen LogP contribution in [0.15, 0.2) is 30.3 Å². The van der Waals surface area contributed by atoms with Gasteiger partial charge < -0.3 is 11.1 Å². The van der Waals surface area contributed by atoms with Crippen molar-refractivity contribution in [1.29, 1.82) is 0 Å². The molecule has 1 aliphatic heterocycles. The van der Waals surface area contributed by atoms with Gasteiger partial charge in [0.2, 0.25) is 0 Å². The second-order valence-electron chi connectivity index (χ2n) is 7.65. The Morgan fingerprint density at radius 3 is 2.38 bits per heavy atom. The maximum atomic E-state index is 6.31. The molecule has 1 aromatic carbocycles. The summed E-state index contributed by atoms with van der Waals surface area (Å²) in [6.45, 7) is 9.05. The molecular weight excluding hydrogens is 258 g/mol. The standard InChI is InChI=1S/C18H25N3/c1-17(2)10-13(11-18(3,4)21-17)16-14(19)9-12-7-5-6-8-15(12)20-16/h5-9,13,21H,10-11,19H2,1-4H3. The molecule has 3 nitrogen and oxygen atoms in total. The molecule has 3 N–H and O–H groups in total. The normalized spacial score (nSPS) is 21.5. The third kappa shape index (κ3) is 2.88. The maximum absolute atomic E-state index is 6.31. The van der Waals surface area contributed by atoms with Crippen molar-refractivity contribution in [3.05, 3.63) is 36.0 Å². The molecule has 2 heterocycles. The number of rotatable bonds is 1. The lowest BCUT2D eigenvalue weighted by Gasteiger charge is -2.46. The highest BCUT2D eigenvalue weighted by Gasteiger charge is 2.39. The van der Waals surface area contributed by atoms with Crippen molar-refractivity contribution in [3.8, 4) is 0 Å². The molecule has 112 valence electrons. The summed E-state index contributed by atoms with van der Waals surface area (Å²) >= 11 is 0. The minimum atomic E-state index is 0.103. The minimum Gasteiger partial charge on any atom is -0.397 e. The third-order valence-corrected chi connectivity index (χ3v) is 4.36. The van der Waals surface area contributed by atoms with Crippen LogP contribution in [0.5, 0.6) is 0 Å². The summed E-state index contributed by atoms with van der Waals surface area (Å²) in [7, 11) is 0. The summed E-state index contributed by atoms with van der Waals surface area (Å²) < 4.78 is 0. The zero-order valence-corrected chi connectivity index (χ0v) is 13.4. The summed E-state index contributed by atoms with van der Waals surface area (Å²) in [5.41, 5.74) is 9.45. The van der Waals surface area contributed by atoms with E-state index in [4.69, 9.17) is 10.7 Å². The number of piperidine rings is 1. The molecule has 1 aliphatic rings. The first-order valence-electron chi connectivity index (χ1n) is 7.70. The van der Waals surface area contributed by atoms with E-state index in [0.717, 1.165) is 35.1 Å². The van der Waals surface area contributed by atoms with Crippen LogP contribution < -0.4 is 11.1 Å². The summed E-state index contributed by atoms with van der Waals surface area (Å²) in [6.07, 6.45) is 2.12. The number of nitrogens with two attached hydrogens (primary N) is 1. The van der Waals surface area contributed by atoms with Crippen LogP contribution in [0, 0.1) is 0 Å². The van der Waals surface area contributed by atoms with Gasteiger partial charge in [0.05, 0.1) is 16.9 Å². The van der Waals surface area contributed by atoms with Gasteiger partial charge in [-0.15, -0.1) is 0 Å². The van der Waals surface area contributed by atoms with Crippen molar-refractivity contribution in [2.45, 2.75) is 57.5 Å². The summed E-state index contributed by atoms with van der Waals surface area (Å²) in [6, 6.07) is 10.3. The lowest BCUT2D eigenvalue weighted by Crippen LogP contribution is -2.57. The molecule has 0 radical (unpaired) electrons. The summed E-state index contributed by atoms with van der Waals surface area (Å²) in [4.78, 5) is 4.88. The molecule has 1 aromatic heterocycles. The Kier molecular flexibility index (Phi) is 3.21. The van der Waals surface area contributed by atoms with Crippen molar-refractivity contribution >= 4 is 16.6 Å². The highest BCUT2D eigenvalue weighted by atomic mass is 15.1. The maximum Gasteiger partial charge on any atom is 0.0707 e. The van der Waals surface area contributed by atoms with E-state index in [2.05, 4.69) is 51.2 Å². The number of benzene rings is 1. The van der Waals surface area contributed by atoms with E-state index in [1.807, 2.05) is 12.1 Å². The lowest BCUT2D eigenvalue weighted by atomic mass is 9.74. The third-order valence-electron chi connectivity index (χ3n) is 4.36. The monoisotopic (exact) mass is 283 g/mol. The van der Waals surface area contributed by atoms with Gasteiger partial charge in [0.25, 0.3) is 0 Å². The van der Waals surface area contributed by atoms with E-state index >= 15 is 0 Å². The molecule has 0 saturated carbocycles. The summed E-state index contributed by atoms with van der Waals surface area (Å²) in [5.74, 6) is 0.404. The number of fused-ring (bicyclic) bond motifs is 1. The Labute approximate surface area is 127 Å². The van der Waals surface area contributed by atoms with Crippen LogP contribution in [0.3, 0.4) is 0 Å². The minimum absolute atomic E-state index is 0.103. The van der Waals surface area contributed by atoms with Crippen LogP contribution in [0.2, 0.25) is 0 Å². The number of para-hydroxylation sites is 1. The fraction of sp³-hybridized carbons (Fsp3) is 0.500. The Balaban J connectivity index is 2.05. The molecule has 0 unspecified atom stereocenters. The van der Waals surface area contributed by atoms with Crippen LogP contribution in [0.4, 0.5) is 5.69 Å². The van der Waals surface area contributed by atoms with E-state index in [1.165, 1.54) is 0 Å². The summed E-state index contributed by atoms with van der Waals surface area (Å²) in [5, 5.41) is 4.84. The average Bonchev–Trinajstić information content (AvgIpc) is 2.34. The van der Waals surface area contributed by atoms with Gasteiger partial charge in [-0.1, -0.05) is 18.2 Å². The first-order valence-corrected chi connectivity index (χ1v) is 7.70. The molecule has 0 aliphatic carbocycles. The fourth-order valence-corrected chi connectivity index (χ4v) is 3.99. The predicted octanol–water partition coefficient (Wildman–Crippen LogP) is 3.84. The SMILES string of the molecule is CC1(C)CC(c2nc3ccccc3cc2N)CC(C)(C)N1. The number of nitrogens with one attached hydrogen (secondary N) is 1. The van der Waals surface area contributed by atoms with E-state index in [1.54, 1.807) is 0 Å². The van der Waals surface area contributed by atoms with Gasteiger partial charge in [-0.05, 0) is 52.7 Å². The van der Waals surface area contributed by atoms with Gasteiger partial charge in [0, 0.05) is 22.4 Å². The molecule has 1 saturated heterocycles. The van der Waals surface area contributed by atoms with Crippen molar-refractivity contribution in [2.24, 2.45) is 0 Å². The van der Waals surface area contributed by atoms with Crippen molar-refractivity contribution in [3.63, 3.8) is 0 Å². The number of hydrogen-bond donors (Lipinski definition) is 2. The lowest BCUT2D eigenvalue weighted by molar-refractivity contribution is 0.160. The number of nitrogen functional groups attached to an aromatic ring is 1. The Bertz CT molecular complexity index is 657. The largest absolute Gasteiger partial charge is 0.397 e. The van der Waals surface area contributed by atoms with E-state index in [9.17, 15) is 0 Å². The van der Waals surface area contributed by atoms with Crippen molar-refractivity contribution in [1.82, 2.24) is 10.3 Å². The van der Waals surface area contributed by atoms with Crippen LogP contribution in [-0.2, 0) is 0 Å². The molecule has 1 fully saturated rings. The topological polar surface area (TPSA) is 50.9 Å². The number of hydrogen-bond acceptors (Lipinski definition) is 3. The van der Waals surface area contributed by atoms with Gasteiger partial charge >= 0.3 is 0 Å². The van der Waals surface area contributed by atoms with E-state index in [-0.39, 0.29) is 11.1 Å². The van der Waals surface area contributed by atoms with Crippen LogP contribution in [0.25, 0.3) is 10.9 Å². The highest BCUT2D eigenvalue weighted by Crippen LogP contribution is 2.40. The van der Waals surface area contributed by atoms with Crippen molar-refractivity contribution in [2.75, 3.05) is 5.73 Å². The molecule has 21 heavy (non-hydrogen) atoms. The first kappa shape index (κ1) is 14.3. The molecule has 2 aromatic rings. The average molecular weight is 283 g/mol. The zero-order valence-electron chi connectivity index (χ0n) is 13.4. The Morgan fingerprint density at radius 1 is 1.10 bits per heavy atom. The van der Waals surface area contributed by atoms with Crippen LogP contribution in [0.1, 0.15) is 52.1 Å². The molecule has 3 heteroatoms. The number of nitrogens with zero attached hydrogens (tertiary/aromatic N) is 1. The Hall–Kier alpha value is -1.61. The zero-order chi connectivity index (χ0) is 15.3. The number of aromatic nitrogens is 1.